The standard InChI is InChI=1S/C12H13BrN2O2S2/c1-8-3-11(18-9(8)2)6-15-19(16,17)12-4-10(13)5-14-7-12/h3-5,7,15H,6H2,1-2H3. The van der Waals surface area contributed by atoms with Gasteiger partial charge in [-0.3, -0.25) is 4.98 Å². The van der Waals surface area contributed by atoms with Crippen molar-refractivity contribution in [3.05, 3.63) is 44.3 Å². The summed E-state index contributed by atoms with van der Waals surface area (Å²) >= 11 is 4.81. The number of nitrogens with zero attached hydrogens (tertiary/aromatic N) is 1. The molecule has 1 N–H and O–H groups in total. The second-order valence-electron chi connectivity index (χ2n) is 4.12. The molecule has 4 nitrogen and oxygen atoms in total. The molecule has 7 heteroatoms. The molecule has 0 aliphatic heterocycles. The zero-order valence-electron chi connectivity index (χ0n) is 10.5. The summed E-state index contributed by atoms with van der Waals surface area (Å²) < 4.78 is 27.4. The molecule has 0 spiro atoms. The van der Waals surface area contributed by atoms with Crippen LogP contribution in [0.25, 0.3) is 0 Å². The second-order valence-corrected chi connectivity index (χ2v) is 8.14. The number of nitrogens with one attached hydrogen (secondary N) is 1. The molecule has 0 atom stereocenters. The van der Waals surface area contributed by atoms with E-state index in [4.69, 9.17) is 0 Å². The van der Waals surface area contributed by atoms with E-state index in [0.717, 1.165) is 4.88 Å². The van der Waals surface area contributed by atoms with Gasteiger partial charge in [0.1, 0.15) is 4.90 Å². The lowest BCUT2D eigenvalue weighted by atomic mass is 10.3. The molecule has 0 aromatic carbocycles. The summed E-state index contributed by atoms with van der Waals surface area (Å²) in [4.78, 5) is 6.23. The Kier molecular flexibility index (Phi) is 4.39. The van der Waals surface area contributed by atoms with Gasteiger partial charge in [-0.2, -0.15) is 0 Å². The minimum atomic E-state index is -3.52. The Labute approximate surface area is 125 Å². The number of hydrogen-bond acceptors (Lipinski definition) is 4. The van der Waals surface area contributed by atoms with Gasteiger partial charge in [0, 0.05) is 33.2 Å². The predicted octanol–water partition coefficient (Wildman–Crippen LogP) is 3.00. The molecule has 0 saturated carbocycles. The summed E-state index contributed by atoms with van der Waals surface area (Å²) in [6.45, 7) is 4.34. The van der Waals surface area contributed by atoms with Gasteiger partial charge in [0.15, 0.2) is 0 Å². The van der Waals surface area contributed by atoms with Crippen molar-refractivity contribution in [3.8, 4) is 0 Å². The number of halogens is 1. The van der Waals surface area contributed by atoms with E-state index in [-0.39, 0.29) is 4.90 Å². The van der Waals surface area contributed by atoms with E-state index in [2.05, 4.69) is 25.6 Å². The van der Waals surface area contributed by atoms with Crippen LogP contribution in [0, 0.1) is 13.8 Å². The van der Waals surface area contributed by atoms with Crippen LogP contribution in [0.5, 0.6) is 0 Å². The molecule has 0 radical (unpaired) electrons. The highest BCUT2D eigenvalue weighted by atomic mass is 79.9. The van der Waals surface area contributed by atoms with E-state index in [1.807, 2.05) is 19.9 Å². The molecule has 0 amide bonds. The van der Waals surface area contributed by atoms with Gasteiger partial charge in [-0.1, -0.05) is 0 Å². The van der Waals surface area contributed by atoms with Crippen molar-refractivity contribution in [1.29, 1.82) is 0 Å². The molecule has 19 heavy (non-hydrogen) atoms. The van der Waals surface area contributed by atoms with E-state index in [9.17, 15) is 8.42 Å². The lowest BCUT2D eigenvalue weighted by molar-refractivity contribution is 0.581. The fourth-order valence-corrected chi connectivity index (χ4v) is 4.12. The molecular formula is C12H13BrN2O2S2. The first-order valence-corrected chi connectivity index (χ1v) is 8.64. The van der Waals surface area contributed by atoms with Crippen LogP contribution in [0.3, 0.4) is 0 Å². The lowest BCUT2D eigenvalue weighted by Crippen LogP contribution is -2.22. The molecule has 0 bridgehead atoms. The molecule has 2 heterocycles. The molecule has 0 saturated heterocycles. The van der Waals surface area contributed by atoms with Crippen LogP contribution in [-0.2, 0) is 16.6 Å². The molecule has 2 aromatic rings. The Morgan fingerprint density at radius 3 is 2.63 bits per heavy atom. The SMILES string of the molecule is Cc1cc(CNS(=O)(=O)c2cncc(Br)c2)sc1C. The van der Waals surface area contributed by atoms with Crippen molar-refractivity contribution < 1.29 is 8.42 Å². The van der Waals surface area contributed by atoms with Crippen LogP contribution in [0.1, 0.15) is 15.3 Å². The third-order valence-corrected chi connectivity index (χ3v) is 5.60. The van der Waals surface area contributed by atoms with Crippen molar-refractivity contribution in [3.63, 3.8) is 0 Å². The Bertz CT molecular complexity index is 676. The van der Waals surface area contributed by atoms with Gasteiger partial charge in [-0.05, 0) is 47.5 Å². The summed E-state index contributed by atoms with van der Waals surface area (Å²) in [5.74, 6) is 0. The van der Waals surface area contributed by atoms with E-state index in [0.29, 0.717) is 11.0 Å². The number of pyridine rings is 1. The molecule has 0 aliphatic carbocycles. The number of rotatable bonds is 4. The van der Waals surface area contributed by atoms with E-state index >= 15 is 0 Å². The summed E-state index contributed by atoms with van der Waals surface area (Å²) in [7, 11) is -3.52. The largest absolute Gasteiger partial charge is 0.262 e. The fraction of sp³-hybridized carbons (Fsp3) is 0.250. The van der Waals surface area contributed by atoms with Gasteiger partial charge < -0.3 is 0 Å². The second kappa shape index (κ2) is 5.70. The van der Waals surface area contributed by atoms with Gasteiger partial charge in [0.05, 0.1) is 0 Å². The highest BCUT2D eigenvalue weighted by Gasteiger charge is 2.15. The maximum atomic E-state index is 12.1. The average Bonchev–Trinajstić information content (AvgIpc) is 2.67. The molecule has 0 unspecified atom stereocenters. The maximum absolute atomic E-state index is 12.1. The maximum Gasteiger partial charge on any atom is 0.242 e. The van der Waals surface area contributed by atoms with Crippen molar-refractivity contribution in [2.24, 2.45) is 0 Å². The zero-order chi connectivity index (χ0) is 14.0. The molecular weight excluding hydrogens is 348 g/mol. The number of aromatic nitrogens is 1. The highest BCUT2D eigenvalue weighted by Crippen LogP contribution is 2.21. The van der Waals surface area contributed by atoms with Crippen molar-refractivity contribution in [2.75, 3.05) is 0 Å². The Balaban J connectivity index is 2.14. The van der Waals surface area contributed by atoms with Crippen LogP contribution >= 0.6 is 27.3 Å². The van der Waals surface area contributed by atoms with Gasteiger partial charge in [-0.25, -0.2) is 13.1 Å². The lowest BCUT2D eigenvalue weighted by Gasteiger charge is -2.05. The van der Waals surface area contributed by atoms with Gasteiger partial charge >= 0.3 is 0 Å². The third kappa shape index (κ3) is 3.62. The third-order valence-electron chi connectivity index (χ3n) is 2.64. The topological polar surface area (TPSA) is 59.1 Å². The molecule has 0 aliphatic rings. The minimum Gasteiger partial charge on any atom is -0.262 e. The Morgan fingerprint density at radius 1 is 1.32 bits per heavy atom. The number of sulfonamides is 1. The summed E-state index contributed by atoms with van der Waals surface area (Å²) in [6.07, 6.45) is 2.88. The zero-order valence-corrected chi connectivity index (χ0v) is 13.7. The van der Waals surface area contributed by atoms with Crippen LogP contribution in [0.4, 0.5) is 0 Å². The quantitative estimate of drug-likeness (QED) is 0.911. The normalized spacial score (nSPS) is 11.7. The average molecular weight is 361 g/mol. The summed E-state index contributed by atoms with van der Waals surface area (Å²) in [5, 5.41) is 0. The number of aryl methyl sites for hydroxylation is 2. The van der Waals surface area contributed by atoms with E-state index < -0.39 is 10.0 Å². The first-order chi connectivity index (χ1) is 8.88. The summed E-state index contributed by atoms with van der Waals surface area (Å²) in [5.41, 5.74) is 1.18. The van der Waals surface area contributed by atoms with Crippen molar-refractivity contribution in [2.45, 2.75) is 25.3 Å². The van der Waals surface area contributed by atoms with Crippen molar-refractivity contribution >= 4 is 37.3 Å². The fourth-order valence-electron chi connectivity index (χ4n) is 1.53. The Hall–Kier alpha value is -0.760. The van der Waals surface area contributed by atoms with Gasteiger partial charge in [-0.15, -0.1) is 11.3 Å². The van der Waals surface area contributed by atoms with Crippen LogP contribution in [0.15, 0.2) is 33.9 Å². The van der Waals surface area contributed by atoms with Gasteiger partial charge in [0.25, 0.3) is 0 Å². The van der Waals surface area contributed by atoms with Crippen LogP contribution in [-0.4, -0.2) is 13.4 Å². The monoisotopic (exact) mass is 360 g/mol. The number of thiophene rings is 1. The van der Waals surface area contributed by atoms with E-state index in [1.165, 1.54) is 22.7 Å². The minimum absolute atomic E-state index is 0.159. The summed E-state index contributed by atoms with van der Waals surface area (Å²) in [6, 6.07) is 3.53. The van der Waals surface area contributed by atoms with Crippen molar-refractivity contribution in [1.82, 2.24) is 9.71 Å². The first kappa shape index (κ1) is 14.6. The van der Waals surface area contributed by atoms with E-state index in [1.54, 1.807) is 17.5 Å². The molecule has 0 fully saturated rings. The Morgan fingerprint density at radius 2 is 2.05 bits per heavy atom. The molecule has 2 rings (SSSR count). The van der Waals surface area contributed by atoms with Gasteiger partial charge in [0.2, 0.25) is 10.0 Å². The molecule has 2 aromatic heterocycles. The van der Waals surface area contributed by atoms with Crippen LogP contribution in [0.2, 0.25) is 0 Å². The smallest absolute Gasteiger partial charge is 0.242 e. The predicted molar refractivity (Wildman–Crippen MR) is 79.8 cm³/mol. The molecule has 102 valence electrons. The first-order valence-electron chi connectivity index (χ1n) is 5.54. The van der Waals surface area contributed by atoms with Crippen LogP contribution < -0.4 is 4.72 Å². The highest BCUT2D eigenvalue weighted by molar-refractivity contribution is 9.10. The number of hydrogen-bond donors (Lipinski definition) is 1.